The molecule has 2 heterocycles. The molecule has 0 bridgehead atoms. The minimum absolute atomic E-state index is 0. The molecule has 1 N–H and O–H groups in total. The highest BCUT2D eigenvalue weighted by molar-refractivity contribution is 14.0. The number of guanidine groups is 1. The third-order valence-electron chi connectivity index (χ3n) is 3.06. The first kappa shape index (κ1) is 18.0. The first-order valence-corrected chi connectivity index (χ1v) is 7.57. The lowest BCUT2D eigenvalue weighted by atomic mass is 10.3. The topological polar surface area (TPSA) is 45.5 Å². The van der Waals surface area contributed by atoms with Crippen molar-refractivity contribution in [3.8, 4) is 0 Å². The Bertz CT molecular complexity index is 509. The van der Waals surface area contributed by atoms with E-state index in [4.69, 9.17) is 0 Å². The maximum atomic E-state index is 4.32. The lowest BCUT2D eigenvalue weighted by Gasteiger charge is -2.21. The summed E-state index contributed by atoms with van der Waals surface area (Å²) in [7, 11) is 3.89. The summed E-state index contributed by atoms with van der Waals surface area (Å²) in [5, 5.41) is 5.49. The van der Waals surface area contributed by atoms with Crippen LogP contribution in [0.25, 0.3) is 0 Å². The summed E-state index contributed by atoms with van der Waals surface area (Å²) in [5.41, 5.74) is 0. The normalized spacial score (nSPS) is 11.0. The van der Waals surface area contributed by atoms with Crippen LogP contribution in [0.3, 0.4) is 0 Å². The van der Waals surface area contributed by atoms with Crippen LogP contribution in [0, 0.1) is 0 Å². The Kier molecular flexibility index (Phi) is 8.36. The first-order valence-electron chi connectivity index (χ1n) is 6.69. The van der Waals surface area contributed by atoms with E-state index >= 15 is 0 Å². The molecule has 5 nitrogen and oxygen atoms in total. The van der Waals surface area contributed by atoms with Crippen molar-refractivity contribution >= 4 is 41.3 Å². The van der Waals surface area contributed by atoms with Gasteiger partial charge in [-0.05, 0) is 17.9 Å². The molecule has 0 saturated heterocycles. The molecular weight excluding hydrogens is 397 g/mol. The highest BCUT2D eigenvalue weighted by atomic mass is 127. The Labute approximate surface area is 147 Å². The van der Waals surface area contributed by atoms with Gasteiger partial charge in [0, 0.05) is 51.0 Å². The molecule has 0 atom stereocenters. The van der Waals surface area contributed by atoms with Gasteiger partial charge in [-0.2, -0.15) is 0 Å². The van der Waals surface area contributed by atoms with Gasteiger partial charge in [-0.15, -0.1) is 35.3 Å². The van der Waals surface area contributed by atoms with Crippen LogP contribution in [0.4, 0.5) is 0 Å². The largest absolute Gasteiger partial charge is 0.354 e. The molecule has 0 aliphatic carbocycles. The van der Waals surface area contributed by atoms with E-state index in [1.807, 2.05) is 24.1 Å². The number of rotatable bonds is 6. The minimum Gasteiger partial charge on any atom is -0.354 e. The molecule has 2 aromatic rings. The van der Waals surface area contributed by atoms with Gasteiger partial charge < -0.3 is 14.8 Å². The quantitative estimate of drug-likeness (QED) is 0.444. The molecule has 0 spiro atoms. The molecule has 7 heteroatoms. The van der Waals surface area contributed by atoms with E-state index in [2.05, 4.69) is 44.8 Å². The van der Waals surface area contributed by atoms with Gasteiger partial charge in [0.05, 0.1) is 6.33 Å². The van der Waals surface area contributed by atoms with Gasteiger partial charge in [-0.3, -0.25) is 4.99 Å². The van der Waals surface area contributed by atoms with Crippen molar-refractivity contribution in [1.29, 1.82) is 0 Å². The van der Waals surface area contributed by atoms with Crippen LogP contribution in [-0.2, 0) is 13.0 Å². The highest BCUT2D eigenvalue weighted by Gasteiger charge is 2.05. The molecule has 0 fully saturated rings. The molecule has 0 aromatic carbocycles. The molecular formula is C14H22IN5S. The number of imidazole rings is 1. The Morgan fingerprint density at radius 1 is 1.52 bits per heavy atom. The Hall–Kier alpha value is -1.09. The summed E-state index contributed by atoms with van der Waals surface area (Å²) in [6.45, 7) is 2.69. The fraction of sp³-hybridized carbons (Fsp3) is 0.429. The molecule has 0 unspecified atom stereocenters. The fourth-order valence-corrected chi connectivity index (χ4v) is 2.64. The van der Waals surface area contributed by atoms with Crippen molar-refractivity contribution in [2.24, 2.45) is 4.99 Å². The van der Waals surface area contributed by atoms with Gasteiger partial charge in [0.15, 0.2) is 5.96 Å². The molecule has 116 valence electrons. The van der Waals surface area contributed by atoms with Crippen molar-refractivity contribution in [2.45, 2.75) is 13.0 Å². The number of hydrogen-bond acceptors (Lipinski definition) is 3. The number of thiophene rings is 1. The molecule has 0 aliphatic rings. The lowest BCUT2D eigenvalue weighted by Crippen LogP contribution is -2.41. The van der Waals surface area contributed by atoms with Gasteiger partial charge in [-0.1, -0.05) is 6.07 Å². The van der Waals surface area contributed by atoms with Crippen LogP contribution < -0.4 is 5.32 Å². The maximum absolute atomic E-state index is 4.32. The number of likely N-dealkylation sites (N-methyl/N-ethyl adjacent to an activating group) is 1. The number of nitrogens with one attached hydrogen (secondary N) is 1. The van der Waals surface area contributed by atoms with Crippen LogP contribution in [0.1, 0.15) is 4.88 Å². The lowest BCUT2D eigenvalue weighted by molar-refractivity contribution is 0.483. The average Bonchev–Trinajstić information content (AvgIpc) is 3.14. The van der Waals surface area contributed by atoms with Crippen molar-refractivity contribution in [2.75, 3.05) is 27.2 Å². The number of halogens is 1. The summed E-state index contributed by atoms with van der Waals surface area (Å²) in [6, 6.07) is 4.27. The van der Waals surface area contributed by atoms with E-state index < -0.39 is 0 Å². The smallest absolute Gasteiger partial charge is 0.193 e. The molecule has 0 amide bonds. The summed E-state index contributed by atoms with van der Waals surface area (Å²) < 4.78 is 2.05. The standard InChI is InChI=1S/C14H21N5S.HI/c1-15-14(17-7-10-19-9-6-16-12-19)18(2)8-5-13-4-3-11-20-13;/h3-4,6,9,11-12H,5,7-8,10H2,1-2H3,(H,15,17);1H. The first-order chi connectivity index (χ1) is 9.79. The summed E-state index contributed by atoms with van der Waals surface area (Å²) >= 11 is 1.80. The SMILES string of the molecule is CN=C(NCCn1ccnc1)N(C)CCc1cccs1.I. The summed E-state index contributed by atoms with van der Waals surface area (Å²) in [5.74, 6) is 0.932. The Morgan fingerprint density at radius 2 is 2.38 bits per heavy atom. The Morgan fingerprint density at radius 3 is 3.00 bits per heavy atom. The second-order valence-corrected chi connectivity index (χ2v) is 5.56. The minimum atomic E-state index is 0. The van der Waals surface area contributed by atoms with E-state index in [0.717, 1.165) is 32.0 Å². The zero-order chi connectivity index (χ0) is 14.2. The van der Waals surface area contributed by atoms with Gasteiger partial charge in [0.25, 0.3) is 0 Å². The summed E-state index contributed by atoms with van der Waals surface area (Å²) in [6.07, 6.45) is 6.63. The molecule has 2 rings (SSSR count). The highest BCUT2D eigenvalue weighted by Crippen LogP contribution is 2.09. The zero-order valence-corrected chi connectivity index (χ0v) is 15.5. The van der Waals surface area contributed by atoms with Crippen LogP contribution in [-0.4, -0.2) is 47.6 Å². The van der Waals surface area contributed by atoms with Crippen molar-refractivity contribution in [3.63, 3.8) is 0 Å². The fourth-order valence-electron chi connectivity index (χ4n) is 1.94. The van der Waals surface area contributed by atoms with E-state index in [9.17, 15) is 0 Å². The zero-order valence-electron chi connectivity index (χ0n) is 12.4. The van der Waals surface area contributed by atoms with E-state index in [0.29, 0.717) is 0 Å². The third kappa shape index (κ3) is 6.04. The number of hydrogen-bond donors (Lipinski definition) is 1. The van der Waals surface area contributed by atoms with Crippen LogP contribution in [0.15, 0.2) is 41.2 Å². The molecule has 0 aliphatic heterocycles. The number of aliphatic imine (C=N–C) groups is 1. The van der Waals surface area contributed by atoms with Gasteiger partial charge in [0.2, 0.25) is 0 Å². The van der Waals surface area contributed by atoms with Crippen LogP contribution >= 0.6 is 35.3 Å². The van der Waals surface area contributed by atoms with Crippen molar-refractivity contribution in [1.82, 2.24) is 19.8 Å². The maximum Gasteiger partial charge on any atom is 0.193 e. The van der Waals surface area contributed by atoms with Gasteiger partial charge >= 0.3 is 0 Å². The molecule has 0 saturated carbocycles. The summed E-state index contributed by atoms with van der Waals surface area (Å²) in [4.78, 5) is 11.9. The van der Waals surface area contributed by atoms with E-state index in [1.54, 1.807) is 17.5 Å². The van der Waals surface area contributed by atoms with E-state index in [-0.39, 0.29) is 24.0 Å². The van der Waals surface area contributed by atoms with Crippen molar-refractivity contribution in [3.05, 3.63) is 41.1 Å². The predicted molar refractivity (Wildman–Crippen MR) is 99.7 cm³/mol. The average molecular weight is 419 g/mol. The molecule has 0 radical (unpaired) electrons. The Balaban J connectivity index is 0.00000220. The second-order valence-electron chi connectivity index (χ2n) is 4.53. The third-order valence-corrected chi connectivity index (χ3v) is 4.00. The second kappa shape index (κ2) is 9.78. The number of nitrogens with zero attached hydrogens (tertiary/aromatic N) is 4. The van der Waals surface area contributed by atoms with Gasteiger partial charge in [0.1, 0.15) is 0 Å². The monoisotopic (exact) mass is 419 g/mol. The predicted octanol–water partition coefficient (Wildman–Crippen LogP) is 2.31. The van der Waals surface area contributed by atoms with Crippen molar-refractivity contribution < 1.29 is 0 Å². The van der Waals surface area contributed by atoms with E-state index in [1.165, 1.54) is 4.88 Å². The van der Waals surface area contributed by atoms with Crippen LogP contribution in [0.2, 0.25) is 0 Å². The van der Waals surface area contributed by atoms with Crippen LogP contribution in [0.5, 0.6) is 0 Å². The van der Waals surface area contributed by atoms with Gasteiger partial charge in [-0.25, -0.2) is 4.98 Å². The molecule has 2 aromatic heterocycles. The number of aromatic nitrogens is 2. The molecule has 21 heavy (non-hydrogen) atoms.